The number of benzene rings is 1. The number of rotatable bonds is 4. The number of nitrogens with two attached hydrogens (primary N) is 1. The minimum absolute atomic E-state index is 0.0471. The van der Waals surface area contributed by atoms with E-state index in [9.17, 15) is 4.79 Å². The number of hydrogen-bond donors (Lipinski definition) is 2. The molecular formula is C14H20BrN3O. The van der Waals surface area contributed by atoms with Crippen LogP contribution in [-0.4, -0.2) is 37.0 Å². The van der Waals surface area contributed by atoms with Gasteiger partial charge < -0.3 is 16.0 Å². The molecule has 1 aliphatic rings. The molecule has 4 nitrogen and oxygen atoms in total. The van der Waals surface area contributed by atoms with Gasteiger partial charge in [-0.1, -0.05) is 6.92 Å². The molecule has 0 aromatic heterocycles. The number of anilines is 1. The number of halogens is 1. The molecule has 1 aromatic rings. The third-order valence-electron chi connectivity index (χ3n) is 3.63. The first-order chi connectivity index (χ1) is 9.10. The standard InChI is InChI=1S/C14H20BrN3O/c1-2-18-6-5-10(9-18)8-17-14(19)11-3-4-12(15)13(16)7-11/h3-4,7,10H,2,5-6,8-9,16H2,1H3,(H,17,19). The molecule has 1 heterocycles. The van der Waals surface area contributed by atoms with Crippen molar-refractivity contribution in [2.24, 2.45) is 5.92 Å². The summed E-state index contributed by atoms with van der Waals surface area (Å²) >= 11 is 3.32. The number of hydrogen-bond acceptors (Lipinski definition) is 3. The summed E-state index contributed by atoms with van der Waals surface area (Å²) in [7, 11) is 0. The number of likely N-dealkylation sites (tertiary alicyclic amines) is 1. The molecule has 0 radical (unpaired) electrons. The number of nitrogens with one attached hydrogen (secondary N) is 1. The molecule has 0 bridgehead atoms. The third kappa shape index (κ3) is 3.70. The summed E-state index contributed by atoms with van der Waals surface area (Å²) < 4.78 is 0.818. The van der Waals surface area contributed by atoms with E-state index in [1.54, 1.807) is 18.2 Å². The van der Waals surface area contributed by atoms with Gasteiger partial charge in [-0.3, -0.25) is 4.79 Å². The minimum atomic E-state index is -0.0471. The largest absolute Gasteiger partial charge is 0.398 e. The summed E-state index contributed by atoms with van der Waals surface area (Å²) in [6.07, 6.45) is 1.16. The molecule has 1 unspecified atom stereocenters. The summed E-state index contributed by atoms with van der Waals surface area (Å²) in [5.74, 6) is 0.519. The Balaban J connectivity index is 1.86. The normalized spacial score (nSPS) is 19.6. The second kappa shape index (κ2) is 6.39. The van der Waals surface area contributed by atoms with Crippen molar-refractivity contribution in [3.63, 3.8) is 0 Å². The van der Waals surface area contributed by atoms with Crippen LogP contribution >= 0.6 is 15.9 Å². The van der Waals surface area contributed by atoms with Gasteiger partial charge >= 0.3 is 0 Å². The van der Waals surface area contributed by atoms with Crippen LogP contribution in [0.25, 0.3) is 0 Å². The Morgan fingerprint density at radius 3 is 3.00 bits per heavy atom. The maximum Gasteiger partial charge on any atom is 0.251 e. The van der Waals surface area contributed by atoms with E-state index in [0.29, 0.717) is 17.2 Å². The predicted molar refractivity (Wildman–Crippen MR) is 81.1 cm³/mol. The number of carbonyl (C=O) groups excluding carboxylic acids is 1. The first-order valence-corrected chi connectivity index (χ1v) is 7.45. The van der Waals surface area contributed by atoms with Gasteiger partial charge in [0.1, 0.15) is 0 Å². The monoisotopic (exact) mass is 325 g/mol. The van der Waals surface area contributed by atoms with Crippen LogP contribution in [-0.2, 0) is 0 Å². The van der Waals surface area contributed by atoms with Crippen LogP contribution in [0.15, 0.2) is 22.7 Å². The highest BCUT2D eigenvalue weighted by molar-refractivity contribution is 9.10. The molecule has 1 saturated heterocycles. The van der Waals surface area contributed by atoms with E-state index >= 15 is 0 Å². The van der Waals surface area contributed by atoms with Crippen LogP contribution in [0, 0.1) is 5.92 Å². The SMILES string of the molecule is CCN1CCC(CNC(=O)c2ccc(Br)c(N)c2)C1. The van der Waals surface area contributed by atoms with Crippen molar-refractivity contribution in [1.29, 1.82) is 0 Å². The van der Waals surface area contributed by atoms with Gasteiger partial charge in [-0.2, -0.15) is 0 Å². The molecule has 3 N–H and O–H groups in total. The van der Waals surface area contributed by atoms with Gasteiger partial charge in [0.2, 0.25) is 0 Å². The number of nitrogens with zero attached hydrogens (tertiary/aromatic N) is 1. The Morgan fingerprint density at radius 2 is 2.37 bits per heavy atom. The van der Waals surface area contributed by atoms with Crippen LogP contribution in [0.3, 0.4) is 0 Å². The van der Waals surface area contributed by atoms with Crippen LogP contribution in [0.4, 0.5) is 5.69 Å². The lowest BCUT2D eigenvalue weighted by Crippen LogP contribution is -2.31. The Labute approximate surface area is 122 Å². The van der Waals surface area contributed by atoms with E-state index in [0.717, 1.165) is 37.1 Å². The Morgan fingerprint density at radius 1 is 1.58 bits per heavy atom. The second-order valence-corrected chi connectivity index (χ2v) is 5.85. The first-order valence-electron chi connectivity index (χ1n) is 6.65. The van der Waals surface area contributed by atoms with Crippen LogP contribution in [0.5, 0.6) is 0 Å². The van der Waals surface area contributed by atoms with E-state index in [4.69, 9.17) is 5.73 Å². The van der Waals surface area contributed by atoms with Crippen LogP contribution in [0.1, 0.15) is 23.7 Å². The molecule has 0 aliphatic carbocycles. The Kier molecular flexibility index (Phi) is 4.82. The van der Waals surface area contributed by atoms with Crippen molar-refractivity contribution in [3.8, 4) is 0 Å². The van der Waals surface area contributed by atoms with Gasteiger partial charge in [0, 0.05) is 28.8 Å². The molecule has 1 atom stereocenters. The molecule has 104 valence electrons. The zero-order valence-corrected chi connectivity index (χ0v) is 12.7. The molecular weight excluding hydrogens is 306 g/mol. The molecule has 0 spiro atoms. The average molecular weight is 326 g/mol. The fourth-order valence-corrected chi connectivity index (χ4v) is 2.64. The van der Waals surface area contributed by atoms with E-state index in [1.807, 2.05) is 0 Å². The maximum atomic E-state index is 12.0. The quantitative estimate of drug-likeness (QED) is 0.833. The highest BCUT2D eigenvalue weighted by atomic mass is 79.9. The highest BCUT2D eigenvalue weighted by Crippen LogP contribution is 2.20. The van der Waals surface area contributed by atoms with E-state index < -0.39 is 0 Å². The zero-order valence-electron chi connectivity index (χ0n) is 11.2. The number of amides is 1. The topological polar surface area (TPSA) is 58.4 Å². The van der Waals surface area contributed by atoms with Crippen LogP contribution < -0.4 is 11.1 Å². The van der Waals surface area contributed by atoms with Gasteiger partial charge in [-0.25, -0.2) is 0 Å². The number of nitrogen functional groups attached to an aromatic ring is 1. The summed E-state index contributed by atoms with van der Waals surface area (Å²) in [6.45, 7) is 6.23. The fraction of sp³-hybridized carbons (Fsp3) is 0.500. The summed E-state index contributed by atoms with van der Waals surface area (Å²) in [5, 5.41) is 3.00. The van der Waals surface area contributed by atoms with Crippen molar-refractivity contribution >= 4 is 27.5 Å². The zero-order chi connectivity index (χ0) is 13.8. The van der Waals surface area contributed by atoms with Crippen molar-refractivity contribution in [2.75, 3.05) is 31.9 Å². The van der Waals surface area contributed by atoms with E-state index in [1.165, 1.54) is 0 Å². The molecule has 2 rings (SSSR count). The lowest BCUT2D eigenvalue weighted by Gasteiger charge is -2.14. The average Bonchev–Trinajstić information content (AvgIpc) is 2.87. The Hall–Kier alpha value is -1.07. The van der Waals surface area contributed by atoms with Gasteiger partial charge in [-0.05, 0) is 59.6 Å². The lowest BCUT2D eigenvalue weighted by molar-refractivity contribution is 0.0947. The Bertz CT molecular complexity index is 464. The predicted octanol–water partition coefficient (Wildman–Crippen LogP) is 2.10. The second-order valence-electron chi connectivity index (χ2n) is 4.99. The van der Waals surface area contributed by atoms with Crippen molar-refractivity contribution in [2.45, 2.75) is 13.3 Å². The molecule has 1 aromatic carbocycles. The fourth-order valence-electron chi connectivity index (χ4n) is 2.39. The van der Waals surface area contributed by atoms with Crippen molar-refractivity contribution in [3.05, 3.63) is 28.2 Å². The van der Waals surface area contributed by atoms with Crippen molar-refractivity contribution in [1.82, 2.24) is 10.2 Å². The summed E-state index contributed by atoms with van der Waals surface area (Å²) in [5.41, 5.74) is 6.98. The maximum absolute atomic E-state index is 12.0. The van der Waals surface area contributed by atoms with Gasteiger partial charge in [0.05, 0.1) is 0 Å². The molecule has 0 saturated carbocycles. The van der Waals surface area contributed by atoms with Gasteiger partial charge in [-0.15, -0.1) is 0 Å². The van der Waals surface area contributed by atoms with Gasteiger partial charge in [0.15, 0.2) is 0 Å². The molecule has 1 fully saturated rings. The third-order valence-corrected chi connectivity index (χ3v) is 4.35. The molecule has 19 heavy (non-hydrogen) atoms. The summed E-state index contributed by atoms with van der Waals surface area (Å²) in [4.78, 5) is 14.4. The highest BCUT2D eigenvalue weighted by Gasteiger charge is 2.21. The molecule has 5 heteroatoms. The summed E-state index contributed by atoms with van der Waals surface area (Å²) in [6, 6.07) is 5.29. The smallest absolute Gasteiger partial charge is 0.251 e. The lowest BCUT2D eigenvalue weighted by atomic mass is 10.1. The first kappa shape index (κ1) is 14.3. The van der Waals surface area contributed by atoms with E-state index in [2.05, 4.69) is 33.1 Å². The molecule has 1 aliphatic heterocycles. The van der Waals surface area contributed by atoms with Crippen molar-refractivity contribution < 1.29 is 4.79 Å². The number of carbonyl (C=O) groups is 1. The van der Waals surface area contributed by atoms with E-state index in [-0.39, 0.29) is 5.91 Å². The van der Waals surface area contributed by atoms with Gasteiger partial charge in [0.25, 0.3) is 5.91 Å². The molecule has 1 amide bonds. The van der Waals surface area contributed by atoms with Crippen LogP contribution in [0.2, 0.25) is 0 Å². The minimum Gasteiger partial charge on any atom is -0.398 e.